The van der Waals surface area contributed by atoms with Gasteiger partial charge in [-0.25, -0.2) is 0 Å². The molecule has 3 heteroatoms. The second-order valence-corrected chi connectivity index (χ2v) is 5.31. The Morgan fingerprint density at radius 2 is 2.21 bits per heavy atom. The first-order valence-corrected chi connectivity index (χ1v) is 7.23. The molecule has 0 fully saturated rings. The topological polar surface area (TPSA) is 30.5 Å². The molecule has 3 unspecified atom stereocenters. The lowest BCUT2D eigenvalue weighted by atomic mass is 9.91. The van der Waals surface area contributed by atoms with Crippen molar-refractivity contribution in [3.63, 3.8) is 0 Å². The Balaban J connectivity index is 2.01. The van der Waals surface area contributed by atoms with Gasteiger partial charge in [-0.2, -0.15) is 0 Å². The molecule has 106 valence electrons. The van der Waals surface area contributed by atoms with Crippen molar-refractivity contribution in [1.82, 2.24) is 5.32 Å². The minimum absolute atomic E-state index is 0.240. The smallest absolute Gasteiger partial charge is 0.123 e. The number of ether oxygens (including phenoxy) is 2. The summed E-state index contributed by atoms with van der Waals surface area (Å²) in [5.41, 5.74) is 1.33. The van der Waals surface area contributed by atoms with Crippen molar-refractivity contribution in [2.75, 3.05) is 20.3 Å². The molecule has 1 aliphatic rings. The molecule has 0 saturated carbocycles. The number of hydrogen-bond acceptors (Lipinski definition) is 3. The molecular weight excluding hydrogens is 238 g/mol. The summed E-state index contributed by atoms with van der Waals surface area (Å²) in [7, 11) is 1.76. The molecule has 3 atom stereocenters. The predicted octanol–water partition coefficient (Wildman–Crippen LogP) is 2.64. The molecule has 0 amide bonds. The maximum absolute atomic E-state index is 6.12. The molecule has 1 aliphatic heterocycles. The third-order valence-electron chi connectivity index (χ3n) is 3.90. The minimum atomic E-state index is 0.240. The average Bonchev–Trinajstić information content (AvgIpc) is 2.85. The Bertz CT molecular complexity index is 369. The van der Waals surface area contributed by atoms with E-state index in [9.17, 15) is 0 Å². The maximum atomic E-state index is 6.12. The third-order valence-corrected chi connectivity index (χ3v) is 3.90. The number of methoxy groups -OCH3 is 1. The third kappa shape index (κ3) is 3.48. The van der Waals surface area contributed by atoms with Crippen LogP contribution in [0.3, 0.4) is 0 Å². The van der Waals surface area contributed by atoms with Gasteiger partial charge in [0.2, 0.25) is 0 Å². The second kappa shape index (κ2) is 6.92. The highest BCUT2D eigenvalue weighted by Crippen LogP contribution is 2.31. The van der Waals surface area contributed by atoms with Crippen molar-refractivity contribution in [3.05, 3.63) is 29.8 Å². The van der Waals surface area contributed by atoms with Crippen molar-refractivity contribution < 1.29 is 9.47 Å². The molecule has 0 radical (unpaired) electrons. The Morgan fingerprint density at radius 3 is 2.89 bits per heavy atom. The number of benzene rings is 1. The lowest BCUT2D eigenvalue weighted by Crippen LogP contribution is -2.47. The van der Waals surface area contributed by atoms with Crippen LogP contribution in [0.5, 0.6) is 5.75 Å². The van der Waals surface area contributed by atoms with Gasteiger partial charge in [0.15, 0.2) is 0 Å². The standard InChI is InChI=1S/C16H25NO2/c1-4-17-16(12(2)9-10-18-3)15-11-13-7-5-6-8-14(13)19-15/h5-8,12,15-17H,4,9-11H2,1-3H3. The summed E-state index contributed by atoms with van der Waals surface area (Å²) >= 11 is 0. The molecule has 1 N–H and O–H groups in total. The quantitative estimate of drug-likeness (QED) is 0.820. The molecule has 0 aliphatic carbocycles. The first-order valence-electron chi connectivity index (χ1n) is 7.23. The summed E-state index contributed by atoms with van der Waals surface area (Å²) in [5.74, 6) is 1.59. The Labute approximate surface area is 116 Å². The van der Waals surface area contributed by atoms with Crippen LogP contribution in [0, 0.1) is 5.92 Å². The van der Waals surface area contributed by atoms with E-state index < -0.39 is 0 Å². The van der Waals surface area contributed by atoms with E-state index in [0.29, 0.717) is 12.0 Å². The van der Waals surface area contributed by atoms with Crippen molar-refractivity contribution in [2.24, 2.45) is 5.92 Å². The molecule has 0 spiro atoms. The SMILES string of the molecule is CCNC(C(C)CCOC)C1Cc2ccccc2O1. The van der Waals surface area contributed by atoms with Crippen molar-refractivity contribution >= 4 is 0 Å². The summed E-state index contributed by atoms with van der Waals surface area (Å²) in [5, 5.41) is 3.59. The maximum Gasteiger partial charge on any atom is 0.123 e. The van der Waals surface area contributed by atoms with Crippen LogP contribution in [0.1, 0.15) is 25.8 Å². The zero-order valence-electron chi connectivity index (χ0n) is 12.2. The number of fused-ring (bicyclic) bond motifs is 1. The zero-order chi connectivity index (χ0) is 13.7. The second-order valence-electron chi connectivity index (χ2n) is 5.31. The van der Waals surface area contributed by atoms with E-state index in [1.54, 1.807) is 7.11 Å². The highest BCUT2D eigenvalue weighted by molar-refractivity contribution is 5.37. The molecule has 1 heterocycles. The first-order chi connectivity index (χ1) is 9.26. The van der Waals surface area contributed by atoms with Crippen LogP contribution in [0.2, 0.25) is 0 Å². The molecular formula is C16H25NO2. The van der Waals surface area contributed by atoms with Gasteiger partial charge >= 0.3 is 0 Å². The van der Waals surface area contributed by atoms with Crippen LogP contribution >= 0.6 is 0 Å². The van der Waals surface area contributed by atoms with Crippen LogP contribution in [0.25, 0.3) is 0 Å². The van der Waals surface area contributed by atoms with Gasteiger partial charge in [-0.1, -0.05) is 32.0 Å². The van der Waals surface area contributed by atoms with E-state index in [1.165, 1.54) is 5.56 Å². The van der Waals surface area contributed by atoms with E-state index >= 15 is 0 Å². The van der Waals surface area contributed by atoms with E-state index in [1.807, 2.05) is 6.07 Å². The molecule has 1 aromatic rings. The van der Waals surface area contributed by atoms with Crippen molar-refractivity contribution in [1.29, 1.82) is 0 Å². The summed E-state index contributed by atoms with van der Waals surface area (Å²) in [6.45, 7) is 6.21. The fourth-order valence-electron chi connectivity index (χ4n) is 2.83. The normalized spacial score (nSPS) is 20.7. The number of para-hydroxylation sites is 1. The lowest BCUT2D eigenvalue weighted by Gasteiger charge is -2.29. The van der Waals surface area contributed by atoms with Gasteiger partial charge in [0, 0.05) is 26.2 Å². The summed E-state index contributed by atoms with van der Waals surface area (Å²) < 4.78 is 11.3. The van der Waals surface area contributed by atoms with E-state index in [4.69, 9.17) is 9.47 Å². The molecule has 1 aromatic carbocycles. The number of nitrogens with one attached hydrogen (secondary N) is 1. The highest BCUT2D eigenvalue weighted by Gasteiger charge is 2.32. The average molecular weight is 263 g/mol. The monoisotopic (exact) mass is 263 g/mol. The van der Waals surface area contributed by atoms with E-state index in [2.05, 4.69) is 37.4 Å². The largest absolute Gasteiger partial charge is 0.488 e. The number of rotatable bonds is 7. The fourth-order valence-corrected chi connectivity index (χ4v) is 2.83. The number of hydrogen-bond donors (Lipinski definition) is 1. The van der Waals surface area contributed by atoms with Crippen LogP contribution in [0.15, 0.2) is 24.3 Å². The molecule has 0 aromatic heterocycles. The summed E-state index contributed by atoms with van der Waals surface area (Å²) in [6, 6.07) is 8.74. The van der Waals surface area contributed by atoms with Gasteiger partial charge in [-0.3, -0.25) is 0 Å². The highest BCUT2D eigenvalue weighted by atomic mass is 16.5. The number of likely N-dealkylation sites (N-methyl/N-ethyl adjacent to an activating group) is 1. The van der Waals surface area contributed by atoms with Gasteiger partial charge in [0.25, 0.3) is 0 Å². The van der Waals surface area contributed by atoms with E-state index in [-0.39, 0.29) is 6.10 Å². The van der Waals surface area contributed by atoms with Gasteiger partial charge < -0.3 is 14.8 Å². The van der Waals surface area contributed by atoms with Crippen LogP contribution in [-0.2, 0) is 11.2 Å². The van der Waals surface area contributed by atoms with Gasteiger partial charge in [0.1, 0.15) is 11.9 Å². The molecule has 2 rings (SSSR count). The van der Waals surface area contributed by atoms with Crippen molar-refractivity contribution in [2.45, 2.75) is 38.8 Å². The Hall–Kier alpha value is -1.06. The molecule has 0 saturated heterocycles. The minimum Gasteiger partial charge on any atom is -0.488 e. The molecule has 3 nitrogen and oxygen atoms in total. The molecule has 0 bridgehead atoms. The van der Waals surface area contributed by atoms with Gasteiger partial charge in [-0.15, -0.1) is 0 Å². The summed E-state index contributed by atoms with van der Waals surface area (Å²) in [6.07, 6.45) is 2.31. The van der Waals surface area contributed by atoms with Crippen molar-refractivity contribution in [3.8, 4) is 5.75 Å². The van der Waals surface area contributed by atoms with Crippen LogP contribution in [0.4, 0.5) is 0 Å². The zero-order valence-corrected chi connectivity index (χ0v) is 12.2. The Morgan fingerprint density at radius 1 is 1.42 bits per heavy atom. The van der Waals surface area contributed by atoms with Crippen LogP contribution in [-0.4, -0.2) is 32.4 Å². The Kier molecular flexibility index (Phi) is 5.23. The summed E-state index contributed by atoms with van der Waals surface area (Å²) in [4.78, 5) is 0. The van der Waals surface area contributed by atoms with Crippen LogP contribution < -0.4 is 10.1 Å². The lowest BCUT2D eigenvalue weighted by molar-refractivity contribution is 0.119. The van der Waals surface area contributed by atoms with Gasteiger partial charge in [-0.05, 0) is 30.5 Å². The first kappa shape index (κ1) is 14.4. The van der Waals surface area contributed by atoms with E-state index in [0.717, 1.165) is 31.7 Å². The fraction of sp³-hybridized carbons (Fsp3) is 0.625. The molecule has 19 heavy (non-hydrogen) atoms. The predicted molar refractivity (Wildman–Crippen MR) is 77.7 cm³/mol. The van der Waals surface area contributed by atoms with Gasteiger partial charge in [0.05, 0.1) is 0 Å².